The van der Waals surface area contributed by atoms with E-state index < -0.39 is 18.0 Å². The number of carboxylic acid groups (broad SMARTS) is 1. The van der Waals surface area contributed by atoms with Crippen molar-refractivity contribution >= 4 is 18.0 Å². The first-order chi connectivity index (χ1) is 8.84. The molecule has 19 heavy (non-hydrogen) atoms. The third-order valence-electron chi connectivity index (χ3n) is 2.72. The van der Waals surface area contributed by atoms with Crippen LogP contribution in [-0.4, -0.2) is 66.2 Å². The Morgan fingerprint density at radius 1 is 1.21 bits per heavy atom. The molecule has 0 aliphatic heterocycles. The zero-order chi connectivity index (χ0) is 15.0. The summed E-state index contributed by atoms with van der Waals surface area (Å²) in [6, 6.07) is -1.30. The number of hydrogen-bond donors (Lipinski definition) is 1. The van der Waals surface area contributed by atoms with E-state index in [-0.39, 0.29) is 18.9 Å². The Bertz CT molecular complexity index is 332. The van der Waals surface area contributed by atoms with Crippen molar-refractivity contribution in [1.82, 2.24) is 9.80 Å². The van der Waals surface area contributed by atoms with Gasteiger partial charge >= 0.3 is 18.0 Å². The summed E-state index contributed by atoms with van der Waals surface area (Å²) in [6.45, 7) is 3.89. The Morgan fingerprint density at radius 3 is 2.21 bits per heavy atom. The van der Waals surface area contributed by atoms with Crippen molar-refractivity contribution in [3.05, 3.63) is 0 Å². The number of hydrogen-bond acceptors (Lipinski definition) is 4. The molecule has 0 fully saturated rings. The summed E-state index contributed by atoms with van der Waals surface area (Å²) in [5.74, 6) is -1.42. The third-order valence-corrected chi connectivity index (χ3v) is 2.72. The highest BCUT2D eigenvalue weighted by Crippen LogP contribution is 2.06. The topological polar surface area (TPSA) is 87.2 Å². The van der Waals surface area contributed by atoms with Crippen LogP contribution in [0.3, 0.4) is 0 Å². The number of ether oxygens (including phenoxy) is 1. The molecule has 7 heteroatoms. The quantitative estimate of drug-likeness (QED) is 0.693. The van der Waals surface area contributed by atoms with Crippen LogP contribution < -0.4 is 0 Å². The number of esters is 1. The van der Waals surface area contributed by atoms with Crippen molar-refractivity contribution in [2.75, 3.05) is 27.2 Å². The van der Waals surface area contributed by atoms with Crippen LogP contribution in [0.25, 0.3) is 0 Å². The third kappa shape index (κ3) is 5.58. The fourth-order valence-corrected chi connectivity index (χ4v) is 1.60. The average molecular weight is 274 g/mol. The van der Waals surface area contributed by atoms with Crippen molar-refractivity contribution in [3.8, 4) is 0 Å². The summed E-state index contributed by atoms with van der Waals surface area (Å²) >= 11 is 0. The van der Waals surface area contributed by atoms with Gasteiger partial charge in [-0.15, -0.1) is 0 Å². The molecule has 7 nitrogen and oxygen atoms in total. The first kappa shape index (κ1) is 17.2. The molecule has 0 saturated heterocycles. The number of rotatable bonds is 7. The molecule has 0 heterocycles. The highest BCUT2D eigenvalue weighted by atomic mass is 16.5. The zero-order valence-corrected chi connectivity index (χ0v) is 11.9. The van der Waals surface area contributed by atoms with E-state index in [4.69, 9.17) is 9.84 Å². The summed E-state index contributed by atoms with van der Waals surface area (Å²) in [5, 5.41) is 8.98. The van der Waals surface area contributed by atoms with Gasteiger partial charge < -0.3 is 19.6 Å². The van der Waals surface area contributed by atoms with E-state index >= 15 is 0 Å². The van der Waals surface area contributed by atoms with Gasteiger partial charge in [0.1, 0.15) is 6.04 Å². The molecule has 1 unspecified atom stereocenters. The van der Waals surface area contributed by atoms with E-state index in [2.05, 4.69) is 0 Å². The van der Waals surface area contributed by atoms with Gasteiger partial charge in [0.15, 0.2) is 0 Å². The molecule has 0 rings (SSSR count). The minimum absolute atomic E-state index is 0.0911. The Hall–Kier alpha value is -1.79. The molecule has 0 aliphatic rings. The maximum absolute atomic E-state index is 12.0. The van der Waals surface area contributed by atoms with Crippen molar-refractivity contribution in [2.24, 2.45) is 0 Å². The Labute approximate surface area is 113 Å². The van der Waals surface area contributed by atoms with Crippen molar-refractivity contribution in [1.29, 1.82) is 0 Å². The number of carbonyl (C=O) groups excluding carboxylic acids is 2. The number of nitrogens with zero attached hydrogens (tertiary/aromatic N) is 2. The highest BCUT2D eigenvalue weighted by Gasteiger charge is 2.26. The molecule has 110 valence electrons. The second-order valence-corrected chi connectivity index (χ2v) is 4.13. The van der Waals surface area contributed by atoms with Crippen molar-refractivity contribution in [2.45, 2.75) is 32.7 Å². The number of aliphatic carboxylic acids is 1. The summed E-state index contributed by atoms with van der Waals surface area (Å²) in [5.41, 5.74) is 0. The Balaban J connectivity index is 4.39. The molecular formula is C12H22N2O5. The van der Waals surface area contributed by atoms with Crippen LogP contribution in [0.1, 0.15) is 26.7 Å². The molecule has 0 aliphatic carbocycles. The van der Waals surface area contributed by atoms with Crippen LogP contribution in [0.2, 0.25) is 0 Å². The second-order valence-electron chi connectivity index (χ2n) is 4.13. The maximum atomic E-state index is 12.0. The lowest BCUT2D eigenvalue weighted by atomic mass is 10.2. The number of amides is 2. The van der Waals surface area contributed by atoms with Crippen LogP contribution in [-0.2, 0) is 14.3 Å². The van der Waals surface area contributed by atoms with Crippen molar-refractivity contribution in [3.63, 3.8) is 0 Å². The molecule has 1 atom stereocenters. The smallest absolute Gasteiger partial charge is 0.326 e. The van der Waals surface area contributed by atoms with E-state index in [0.717, 1.165) is 4.90 Å². The predicted molar refractivity (Wildman–Crippen MR) is 68.8 cm³/mol. The highest BCUT2D eigenvalue weighted by molar-refractivity contribution is 5.82. The number of likely N-dealkylation sites (N-methyl/N-ethyl adjacent to an activating group) is 1. The molecule has 0 saturated carbocycles. The van der Waals surface area contributed by atoms with E-state index in [1.54, 1.807) is 13.8 Å². The first-order valence-corrected chi connectivity index (χ1v) is 6.21. The monoisotopic (exact) mass is 274 g/mol. The standard InChI is InChI=1S/C12H22N2O5/c1-5-9(11(16)17)14(4)12(18)13(3)8-7-10(15)19-6-2/h9H,5-8H2,1-4H3,(H,16,17). The average Bonchev–Trinajstić information content (AvgIpc) is 2.35. The molecule has 0 bridgehead atoms. The number of carbonyl (C=O) groups is 3. The molecule has 0 aromatic heterocycles. The van der Waals surface area contributed by atoms with Crippen LogP contribution in [0.5, 0.6) is 0 Å². The van der Waals surface area contributed by atoms with Gasteiger partial charge in [0, 0.05) is 20.6 Å². The van der Waals surface area contributed by atoms with Crippen molar-refractivity contribution < 1.29 is 24.2 Å². The minimum Gasteiger partial charge on any atom is -0.480 e. The van der Waals surface area contributed by atoms with Gasteiger partial charge in [0.2, 0.25) is 0 Å². The summed E-state index contributed by atoms with van der Waals surface area (Å²) in [4.78, 5) is 36.6. The summed E-state index contributed by atoms with van der Waals surface area (Å²) in [6.07, 6.45) is 0.414. The van der Waals surface area contributed by atoms with Crippen LogP contribution in [0.4, 0.5) is 4.79 Å². The molecular weight excluding hydrogens is 252 g/mol. The predicted octanol–water partition coefficient (Wildman–Crippen LogP) is 0.786. The lowest BCUT2D eigenvalue weighted by Crippen LogP contribution is -2.48. The fourth-order valence-electron chi connectivity index (χ4n) is 1.60. The first-order valence-electron chi connectivity index (χ1n) is 6.21. The van der Waals surface area contributed by atoms with E-state index in [0.29, 0.717) is 13.0 Å². The van der Waals surface area contributed by atoms with E-state index in [1.807, 2.05) is 0 Å². The largest absolute Gasteiger partial charge is 0.480 e. The maximum Gasteiger partial charge on any atom is 0.326 e. The van der Waals surface area contributed by atoms with Gasteiger partial charge in [-0.2, -0.15) is 0 Å². The Morgan fingerprint density at radius 2 is 1.79 bits per heavy atom. The summed E-state index contributed by atoms with van der Waals surface area (Å²) < 4.78 is 4.75. The van der Waals surface area contributed by atoms with Gasteiger partial charge in [-0.1, -0.05) is 6.92 Å². The fraction of sp³-hybridized carbons (Fsp3) is 0.750. The lowest BCUT2D eigenvalue weighted by Gasteiger charge is -2.28. The minimum atomic E-state index is -1.04. The van der Waals surface area contributed by atoms with Gasteiger partial charge in [-0.3, -0.25) is 4.79 Å². The molecule has 2 amide bonds. The van der Waals surface area contributed by atoms with Gasteiger partial charge in [0.05, 0.1) is 13.0 Å². The van der Waals surface area contributed by atoms with Gasteiger partial charge in [0.25, 0.3) is 0 Å². The van der Waals surface area contributed by atoms with E-state index in [9.17, 15) is 14.4 Å². The molecule has 1 N–H and O–H groups in total. The second kappa shape index (κ2) is 8.34. The number of carboxylic acids is 1. The summed E-state index contributed by atoms with van der Waals surface area (Å²) in [7, 11) is 2.96. The van der Waals surface area contributed by atoms with Gasteiger partial charge in [-0.05, 0) is 13.3 Å². The van der Waals surface area contributed by atoms with Crippen LogP contribution in [0.15, 0.2) is 0 Å². The molecule has 0 radical (unpaired) electrons. The SMILES string of the molecule is CCOC(=O)CCN(C)C(=O)N(C)C(CC)C(=O)O. The lowest BCUT2D eigenvalue weighted by molar-refractivity contribution is -0.144. The number of urea groups is 1. The zero-order valence-electron chi connectivity index (χ0n) is 11.9. The molecule has 0 spiro atoms. The Kier molecular flexibility index (Phi) is 7.55. The molecule has 0 aromatic carbocycles. The van der Waals surface area contributed by atoms with Crippen LogP contribution >= 0.6 is 0 Å². The molecule has 0 aromatic rings. The van der Waals surface area contributed by atoms with Gasteiger partial charge in [-0.25, -0.2) is 9.59 Å². The normalized spacial score (nSPS) is 11.6. The van der Waals surface area contributed by atoms with E-state index in [1.165, 1.54) is 19.0 Å². The van der Waals surface area contributed by atoms with Crippen LogP contribution in [0, 0.1) is 0 Å².